The van der Waals surface area contributed by atoms with Crippen molar-refractivity contribution in [2.75, 3.05) is 6.61 Å². The molecule has 1 aliphatic heterocycles. The van der Waals surface area contributed by atoms with E-state index in [1.54, 1.807) is 11.3 Å². The molecule has 0 unspecified atom stereocenters. The maximum Gasteiger partial charge on any atom is 0.305 e. The van der Waals surface area contributed by atoms with Gasteiger partial charge in [0.25, 0.3) is 0 Å². The molecule has 0 fully saturated rings. The topological polar surface area (TPSA) is 86.5 Å². The molecule has 1 N–H and O–H groups in total. The van der Waals surface area contributed by atoms with Crippen molar-refractivity contribution in [1.29, 1.82) is 0 Å². The van der Waals surface area contributed by atoms with Crippen molar-refractivity contribution in [1.82, 2.24) is 14.8 Å². The highest BCUT2D eigenvalue weighted by Crippen LogP contribution is 2.38. The Morgan fingerprint density at radius 2 is 2.30 bits per heavy atom. The van der Waals surface area contributed by atoms with Gasteiger partial charge in [-0.3, -0.25) is 4.79 Å². The minimum atomic E-state index is -0.847. The third-order valence-corrected chi connectivity index (χ3v) is 6.62. The van der Waals surface area contributed by atoms with Gasteiger partial charge in [0.05, 0.1) is 17.9 Å². The monoisotopic (exact) mass is 445 g/mol. The van der Waals surface area contributed by atoms with Gasteiger partial charge in [0.15, 0.2) is 11.0 Å². The molecule has 0 bridgehead atoms. The normalized spacial score (nSPS) is 15.1. The van der Waals surface area contributed by atoms with Gasteiger partial charge in [0, 0.05) is 29.8 Å². The van der Waals surface area contributed by atoms with Gasteiger partial charge in [0.2, 0.25) is 0 Å². The number of thiophene rings is 1. The molecule has 0 saturated carbocycles. The maximum atomic E-state index is 11.1. The first-order valence-electron chi connectivity index (χ1n) is 9.82. The second-order valence-electron chi connectivity index (χ2n) is 7.00. The van der Waals surface area contributed by atoms with Crippen LogP contribution in [0.15, 0.2) is 34.8 Å². The van der Waals surface area contributed by atoms with Crippen LogP contribution in [0.2, 0.25) is 0 Å². The summed E-state index contributed by atoms with van der Waals surface area (Å²) in [5.74, 6) is 2.24. The van der Waals surface area contributed by atoms with E-state index in [1.165, 1.54) is 17.3 Å². The average Bonchev–Trinajstić information content (AvgIpc) is 3.43. The molecule has 30 heavy (non-hydrogen) atoms. The SMILES string of the molecule is CCOc1cc2c(cc1CSc1nnc(-c3cccs3)n1CCC(=O)O)O[C@@H](C)C2. The number of aromatic nitrogens is 3. The predicted molar refractivity (Wildman–Crippen MR) is 117 cm³/mol. The number of thioether (sulfide) groups is 1. The number of fused-ring (bicyclic) bond motifs is 1. The van der Waals surface area contributed by atoms with Gasteiger partial charge in [-0.2, -0.15) is 0 Å². The average molecular weight is 446 g/mol. The van der Waals surface area contributed by atoms with Crippen molar-refractivity contribution >= 4 is 29.1 Å². The van der Waals surface area contributed by atoms with Crippen LogP contribution in [0.5, 0.6) is 11.5 Å². The number of nitrogens with zero attached hydrogens (tertiary/aromatic N) is 3. The molecule has 0 radical (unpaired) electrons. The maximum absolute atomic E-state index is 11.1. The summed E-state index contributed by atoms with van der Waals surface area (Å²) in [6.07, 6.45) is 1.07. The molecule has 0 aliphatic carbocycles. The Bertz CT molecular complexity index is 1030. The van der Waals surface area contributed by atoms with Crippen LogP contribution < -0.4 is 9.47 Å². The molecule has 4 rings (SSSR count). The first-order chi connectivity index (χ1) is 14.5. The summed E-state index contributed by atoms with van der Waals surface area (Å²) in [6, 6.07) is 8.04. The lowest BCUT2D eigenvalue weighted by molar-refractivity contribution is -0.137. The Hall–Kier alpha value is -2.52. The summed E-state index contributed by atoms with van der Waals surface area (Å²) < 4.78 is 13.7. The van der Waals surface area contributed by atoms with Gasteiger partial charge < -0.3 is 19.1 Å². The van der Waals surface area contributed by atoms with Crippen LogP contribution in [0.1, 0.15) is 31.4 Å². The summed E-state index contributed by atoms with van der Waals surface area (Å²) in [6.45, 7) is 4.94. The fourth-order valence-corrected chi connectivity index (χ4v) is 5.08. The standard InChI is InChI=1S/C21H23N3O4S2/c1-3-27-16-10-14-9-13(2)28-17(14)11-15(16)12-30-21-23-22-20(18-5-4-8-29-18)24(21)7-6-19(25)26/h4-5,8,10-11,13H,3,6-7,9,12H2,1-2H3,(H,25,26)/t13-/m0/s1. The molecule has 2 aromatic heterocycles. The number of carboxylic acids is 1. The fourth-order valence-electron chi connectivity index (χ4n) is 3.42. The summed E-state index contributed by atoms with van der Waals surface area (Å²) in [4.78, 5) is 12.1. The number of hydrogen-bond acceptors (Lipinski definition) is 7. The number of hydrogen-bond donors (Lipinski definition) is 1. The van der Waals surface area contributed by atoms with E-state index >= 15 is 0 Å². The Labute approximate surface area is 183 Å². The lowest BCUT2D eigenvalue weighted by atomic mass is 10.1. The number of rotatable bonds is 9. The van der Waals surface area contributed by atoms with Crippen molar-refractivity contribution in [2.45, 2.75) is 50.2 Å². The summed E-state index contributed by atoms with van der Waals surface area (Å²) in [5.41, 5.74) is 2.20. The van der Waals surface area contributed by atoms with Crippen LogP contribution in [0.25, 0.3) is 10.7 Å². The molecule has 1 aliphatic rings. The quantitative estimate of drug-likeness (QED) is 0.485. The fraction of sp³-hybridized carbons (Fsp3) is 0.381. The van der Waals surface area contributed by atoms with Crippen LogP contribution in [0.3, 0.4) is 0 Å². The largest absolute Gasteiger partial charge is 0.494 e. The molecule has 158 valence electrons. The predicted octanol–water partition coefficient (Wildman–Crippen LogP) is 4.50. The number of aliphatic carboxylic acids is 1. The van der Waals surface area contributed by atoms with Gasteiger partial charge in [-0.05, 0) is 37.4 Å². The van der Waals surface area contributed by atoms with Crippen LogP contribution in [0.4, 0.5) is 0 Å². The van der Waals surface area contributed by atoms with Gasteiger partial charge in [-0.15, -0.1) is 21.5 Å². The van der Waals surface area contributed by atoms with Crippen LogP contribution in [-0.2, 0) is 23.5 Å². The lowest BCUT2D eigenvalue weighted by Crippen LogP contribution is -2.07. The van der Waals surface area contributed by atoms with Crippen molar-refractivity contribution in [3.8, 4) is 22.2 Å². The number of carboxylic acid groups (broad SMARTS) is 1. The van der Waals surface area contributed by atoms with E-state index in [2.05, 4.69) is 29.3 Å². The highest BCUT2D eigenvalue weighted by atomic mass is 32.2. The zero-order valence-corrected chi connectivity index (χ0v) is 18.5. The zero-order valence-electron chi connectivity index (χ0n) is 16.8. The third-order valence-electron chi connectivity index (χ3n) is 4.74. The van der Waals surface area contributed by atoms with E-state index in [0.29, 0.717) is 29.9 Å². The zero-order chi connectivity index (χ0) is 21.1. The Balaban J connectivity index is 1.59. The van der Waals surface area contributed by atoms with Gasteiger partial charge >= 0.3 is 5.97 Å². The number of carbonyl (C=O) groups is 1. The third kappa shape index (κ3) is 4.46. The number of benzene rings is 1. The lowest BCUT2D eigenvalue weighted by Gasteiger charge is -2.13. The van der Waals surface area contributed by atoms with Gasteiger partial charge in [-0.1, -0.05) is 17.8 Å². The van der Waals surface area contributed by atoms with E-state index in [-0.39, 0.29) is 12.5 Å². The van der Waals surface area contributed by atoms with Crippen molar-refractivity contribution in [3.63, 3.8) is 0 Å². The summed E-state index contributed by atoms with van der Waals surface area (Å²) in [7, 11) is 0. The van der Waals surface area contributed by atoms with E-state index in [4.69, 9.17) is 14.6 Å². The van der Waals surface area contributed by atoms with Crippen molar-refractivity contribution in [3.05, 3.63) is 40.8 Å². The molecule has 0 saturated heterocycles. The van der Waals surface area contributed by atoms with Gasteiger partial charge in [-0.25, -0.2) is 0 Å². The Morgan fingerprint density at radius 1 is 1.43 bits per heavy atom. The summed E-state index contributed by atoms with van der Waals surface area (Å²) in [5, 5.41) is 20.5. The van der Waals surface area contributed by atoms with Crippen molar-refractivity contribution in [2.24, 2.45) is 0 Å². The molecule has 9 heteroatoms. The van der Waals surface area contributed by atoms with E-state index in [1.807, 2.05) is 29.0 Å². The molecule has 0 spiro atoms. The Morgan fingerprint density at radius 3 is 3.03 bits per heavy atom. The molecule has 7 nitrogen and oxygen atoms in total. The van der Waals surface area contributed by atoms with Crippen LogP contribution in [-0.4, -0.2) is 38.6 Å². The second-order valence-corrected chi connectivity index (χ2v) is 8.89. The highest BCUT2D eigenvalue weighted by molar-refractivity contribution is 7.98. The molecule has 0 amide bonds. The number of ether oxygens (including phenoxy) is 2. The van der Waals surface area contributed by atoms with E-state index in [9.17, 15) is 4.79 Å². The van der Waals surface area contributed by atoms with E-state index < -0.39 is 5.97 Å². The van der Waals surface area contributed by atoms with Crippen LogP contribution in [0, 0.1) is 0 Å². The molecule has 1 aromatic carbocycles. The summed E-state index contributed by atoms with van der Waals surface area (Å²) >= 11 is 3.08. The minimum absolute atomic E-state index is 0.0126. The van der Waals surface area contributed by atoms with Gasteiger partial charge in [0.1, 0.15) is 17.6 Å². The smallest absolute Gasteiger partial charge is 0.305 e. The first kappa shape index (κ1) is 20.7. The highest BCUT2D eigenvalue weighted by Gasteiger charge is 2.23. The molecule has 3 aromatic rings. The molecular formula is C21H23N3O4S2. The van der Waals surface area contributed by atoms with Crippen LogP contribution >= 0.6 is 23.1 Å². The molecule has 3 heterocycles. The molecular weight excluding hydrogens is 422 g/mol. The van der Waals surface area contributed by atoms with Crippen molar-refractivity contribution < 1.29 is 19.4 Å². The minimum Gasteiger partial charge on any atom is -0.494 e. The Kier molecular flexibility index (Phi) is 6.29. The molecule has 1 atom stereocenters. The first-order valence-corrected chi connectivity index (χ1v) is 11.7. The van der Waals surface area contributed by atoms with E-state index in [0.717, 1.165) is 28.4 Å². The second kappa shape index (κ2) is 9.09.